The van der Waals surface area contributed by atoms with E-state index in [9.17, 15) is 4.79 Å². The molecule has 0 aliphatic heterocycles. The molecule has 2 rings (SSSR count). The van der Waals surface area contributed by atoms with Crippen LogP contribution in [-0.4, -0.2) is 12.6 Å². The fourth-order valence-corrected chi connectivity index (χ4v) is 3.30. The number of carbonyl (C=O) groups excluding carboxylic acids is 1. The Morgan fingerprint density at radius 1 is 1.30 bits per heavy atom. The minimum Gasteiger partial charge on any atom is -0.462 e. The van der Waals surface area contributed by atoms with Crippen molar-refractivity contribution in [2.75, 3.05) is 6.61 Å². The Morgan fingerprint density at radius 2 is 1.96 bits per heavy atom. The molecule has 1 aromatic carbocycles. The summed E-state index contributed by atoms with van der Waals surface area (Å²) in [6, 6.07) is 9.18. The smallest absolute Gasteiger partial charge is 0.338 e. The van der Waals surface area contributed by atoms with E-state index in [1.807, 2.05) is 18.2 Å². The van der Waals surface area contributed by atoms with E-state index in [1.54, 1.807) is 12.1 Å². The molecule has 0 spiro atoms. The van der Waals surface area contributed by atoms with Crippen LogP contribution < -0.4 is 0 Å². The van der Waals surface area contributed by atoms with Gasteiger partial charge in [0, 0.05) is 11.3 Å². The summed E-state index contributed by atoms with van der Waals surface area (Å²) in [6.45, 7) is 13.3. The van der Waals surface area contributed by atoms with Crippen molar-refractivity contribution in [1.82, 2.24) is 0 Å². The molecule has 1 atom stereocenters. The summed E-state index contributed by atoms with van der Waals surface area (Å²) in [4.78, 5) is 12.1. The van der Waals surface area contributed by atoms with Crippen molar-refractivity contribution < 1.29 is 9.53 Å². The molecule has 0 N–H and O–H groups in total. The van der Waals surface area contributed by atoms with Gasteiger partial charge in [0.1, 0.15) is 0 Å². The van der Waals surface area contributed by atoms with Crippen LogP contribution in [0, 0.1) is 11.3 Å². The summed E-state index contributed by atoms with van der Waals surface area (Å²) in [5, 5.41) is 0. The molecule has 0 radical (unpaired) electrons. The van der Waals surface area contributed by atoms with E-state index in [1.165, 1.54) is 23.1 Å². The highest BCUT2D eigenvalue weighted by molar-refractivity contribution is 5.89. The summed E-state index contributed by atoms with van der Waals surface area (Å²) in [5.41, 5.74) is 4.77. The molecule has 0 saturated heterocycles. The van der Waals surface area contributed by atoms with Gasteiger partial charge in [0.2, 0.25) is 0 Å². The molecule has 124 valence electrons. The Balaban J connectivity index is 1.98. The lowest BCUT2D eigenvalue weighted by Crippen LogP contribution is -2.24. The van der Waals surface area contributed by atoms with Gasteiger partial charge in [-0.15, -0.1) is 0 Å². The molecule has 1 aliphatic rings. The summed E-state index contributed by atoms with van der Waals surface area (Å²) < 4.78 is 5.55. The fourth-order valence-electron chi connectivity index (χ4n) is 3.30. The van der Waals surface area contributed by atoms with Gasteiger partial charge in [0.05, 0.1) is 12.2 Å². The highest BCUT2D eigenvalue weighted by Crippen LogP contribution is 2.42. The molecule has 0 saturated carbocycles. The monoisotopic (exact) mass is 312 g/mol. The van der Waals surface area contributed by atoms with E-state index >= 15 is 0 Å². The molecule has 0 amide bonds. The van der Waals surface area contributed by atoms with Crippen LogP contribution >= 0.6 is 0 Å². The standard InChI is InChI=1S/C21H28O2/c1-15(2)18-12-11-16(3)19(18)13-21(4,5)14-23-20(22)17-9-7-6-8-10-17/h6-10,18H,1,11-14H2,2-5H3. The minimum absolute atomic E-state index is 0.0704. The maximum absolute atomic E-state index is 12.1. The summed E-state index contributed by atoms with van der Waals surface area (Å²) in [7, 11) is 0. The van der Waals surface area contributed by atoms with Crippen molar-refractivity contribution in [2.45, 2.75) is 47.0 Å². The fraction of sp³-hybridized carbons (Fsp3) is 0.476. The maximum atomic E-state index is 12.1. The predicted octanol–water partition coefficient (Wildman–Crippen LogP) is 5.56. The molecule has 23 heavy (non-hydrogen) atoms. The Labute approximate surface area is 140 Å². The molecule has 1 aliphatic carbocycles. The molecule has 1 aromatic rings. The average molecular weight is 312 g/mol. The van der Waals surface area contributed by atoms with E-state index in [4.69, 9.17) is 4.74 Å². The van der Waals surface area contributed by atoms with Crippen LogP contribution in [-0.2, 0) is 4.74 Å². The number of hydrogen-bond acceptors (Lipinski definition) is 2. The second-order valence-electron chi connectivity index (χ2n) is 7.53. The molecule has 0 fully saturated rings. The highest BCUT2D eigenvalue weighted by atomic mass is 16.5. The van der Waals surface area contributed by atoms with Gasteiger partial charge < -0.3 is 4.74 Å². The third kappa shape index (κ3) is 4.57. The Bertz CT molecular complexity index is 608. The van der Waals surface area contributed by atoms with Crippen molar-refractivity contribution >= 4 is 5.97 Å². The minimum atomic E-state index is -0.243. The molecule has 0 heterocycles. The van der Waals surface area contributed by atoms with Crippen LogP contribution in [0.2, 0.25) is 0 Å². The van der Waals surface area contributed by atoms with Crippen molar-refractivity contribution in [3.05, 3.63) is 59.2 Å². The lowest BCUT2D eigenvalue weighted by molar-refractivity contribution is 0.0339. The highest BCUT2D eigenvalue weighted by Gasteiger charge is 2.30. The van der Waals surface area contributed by atoms with Crippen molar-refractivity contribution in [3.8, 4) is 0 Å². The Morgan fingerprint density at radius 3 is 2.57 bits per heavy atom. The molecular weight excluding hydrogens is 284 g/mol. The first-order valence-electron chi connectivity index (χ1n) is 8.36. The zero-order valence-corrected chi connectivity index (χ0v) is 14.8. The van der Waals surface area contributed by atoms with Gasteiger partial charge in [-0.2, -0.15) is 0 Å². The normalized spacial score (nSPS) is 18.2. The van der Waals surface area contributed by atoms with Crippen LogP contribution in [0.3, 0.4) is 0 Å². The molecular formula is C21H28O2. The lowest BCUT2D eigenvalue weighted by atomic mass is 9.80. The number of esters is 1. The summed E-state index contributed by atoms with van der Waals surface area (Å²) in [5.74, 6) is 0.256. The van der Waals surface area contributed by atoms with E-state index in [0.717, 1.165) is 12.8 Å². The number of ether oxygens (including phenoxy) is 1. The van der Waals surface area contributed by atoms with Gasteiger partial charge in [-0.3, -0.25) is 0 Å². The van der Waals surface area contributed by atoms with E-state index in [2.05, 4.69) is 34.3 Å². The van der Waals surface area contributed by atoms with E-state index in [-0.39, 0.29) is 11.4 Å². The first kappa shape index (κ1) is 17.5. The third-order valence-electron chi connectivity index (χ3n) is 4.64. The zero-order chi connectivity index (χ0) is 17.0. The number of rotatable bonds is 6. The second-order valence-corrected chi connectivity index (χ2v) is 7.53. The largest absolute Gasteiger partial charge is 0.462 e. The quantitative estimate of drug-likeness (QED) is 0.507. The number of benzene rings is 1. The SMILES string of the molecule is C=C(C)C1CCC(C)=C1CC(C)(C)COC(=O)c1ccccc1. The van der Waals surface area contributed by atoms with Crippen LogP contribution in [0.1, 0.15) is 57.3 Å². The number of allylic oxidation sites excluding steroid dienone is 3. The maximum Gasteiger partial charge on any atom is 0.338 e. The molecule has 2 nitrogen and oxygen atoms in total. The number of carbonyl (C=O) groups is 1. The molecule has 0 bridgehead atoms. The van der Waals surface area contributed by atoms with Crippen molar-refractivity contribution in [2.24, 2.45) is 11.3 Å². The van der Waals surface area contributed by atoms with Gasteiger partial charge >= 0.3 is 5.97 Å². The second kappa shape index (κ2) is 7.16. The van der Waals surface area contributed by atoms with E-state index < -0.39 is 0 Å². The van der Waals surface area contributed by atoms with Crippen LogP contribution in [0.25, 0.3) is 0 Å². The first-order valence-corrected chi connectivity index (χ1v) is 8.36. The zero-order valence-electron chi connectivity index (χ0n) is 14.8. The van der Waals surface area contributed by atoms with Crippen LogP contribution in [0.5, 0.6) is 0 Å². The predicted molar refractivity (Wildman–Crippen MR) is 95.4 cm³/mol. The topological polar surface area (TPSA) is 26.3 Å². The third-order valence-corrected chi connectivity index (χ3v) is 4.64. The Kier molecular flexibility index (Phi) is 5.46. The summed E-state index contributed by atoms with van der Waals surface area (Å²) >= 11 is 0. The molecule has 2 heteroatoms. The first-order chi connectivity index (χ1) is 10.8. The van der Waals surface area contributed by atoms with Crippen molar-refractivity contribution in [1.29, 1.82) is 0 Å². The van der Waals surface area contributed by atoms with E-state index in [0.29, 0.717) is 18.1 Å². The van der Waals surface area contributed by atoms with Gasteiger partial charge in [-0.25, -0.2) is 4.79 Å². The van der Waals surface area contributed by atoms with Crippen LogP contribution in [0.4, 0.5) is 0 Å². The number of hydrogen-bond donors (Lipinski definition) is 0. The van der Waals surface area contributed by atoms with Gasteiger partial charge in [0.15, 0.2) is 0 Å². The Hall–Kier alpha value is -1.83. The van der Waals surface area contributed by atoms with Gasteiger partial charge in [0.25, 0.3) is 0 Å². The average Bonchev–Trinajstić information content (AvgIpc) is 2.86. The van der Waals surface area contributed by atoms with Gasteiger partial charge in [-0.05, 0) is 45.2 Å². The molecule has 1 unspecified atom stereocenters. The van der Waals surface area contributed by atoms with Crippen LogP contribution in [0.15, 0.2) is 53.6 Å². The van der Waals surface area contributed by atoms with Gasteiger partial charge in [-0.1, -0.05) is 55.3 Å². The lowest BCUT2D eigenvalue weighted by Gasteiger charge is -2.28. The van der Waals surface area contributed by atoms with Crippen molar-refractivity contribution in [3.63, 3.8) is 0 Å². The summed E-state index contributed by atoms with van der Waals surface area (Å²) in [6.07, 6.45) is 3.29. The molecule has 0 aromatic heterocycles.